The Hall–Kier alpha value is -0.140. The molecular formula is C10H21BrN2O3S. The summed E-state index contributed by atoms with van der Waals surface area (Å²) < 4.78 is 24.6. The lowest BCUT2D eigenvalue weighted by Gasteiger charge is -2.25. The zero-order chi connectivity index (χ0) is 13.5. The first-order valence-corrected chi connectivity index (χ1v) is 8.49. The Kier molecular flexibility index (Phi) is 7.27. The first kappa shape index (κ1) is 16.9. The Morgan fingerprint density at radius 2 is 1.88 bits per heavy atom. The lowest BCUT2D eigenvalue weighted by atomic mass is 10.1. The molecule has 0 spiro atoms. The van der Waals surface area contributed by atoms with Crippen LogP contribution in [0.4, 0.5) is 0 Å². The van der Waals surface area contributed by atoms with Crippen LogP contribution in [0.15, 0.2) is 0 Å². The molecule has 0 atom stereocenters. The molecule has 0 unspecified atom stereocenters. The first-order valence-electron chi connectivity index (χ1n) is 5.48. The van der Waals surface area contributed by atoms with Crippen molar-refractivity contribution in [2.75, 3.05) is 18.1 Å². The van der Waals surface area contributed by atoms with Crippen LogP contribution >= 0.6 is 15.9 Å². The van der Waals surface area contributed by atoms with Crippen LogP contribution in [0.3, 0.4) is 0 Å². The van der Waals surface area contributed by atoms with E-state index in [0.29, 0.717) is 6.42 Å². The maximum atomic E-state index is 11.4. The van der Waals surface area contributed by atoms with Gasteiger partial charge in [0.25, 0.3) is 0 Å². The van der Waals surface area contributed by atoms with Gasteiger partial charge in [-0.2, -0.15) is 0 Å². The van der Waals surface area contributed by atoms with Gasteiger partial charge in [0.05, 0.1) is 6.26 Å². The van der Waals surface area contributed by atoms with Gasteiger partial charge in [-0.1, -0.05) is 15.9 Å². The van der Waals surface area contributed by atoms with Crippen molar-refractivity contribution >= 4 is 31.9 Å². The summed E-state index contributed by atoms with van der Waals surface area (Å²) in [6.45, 7) is 3.74. The van der Waals surface area contributed by atoms with Crippen molar-refractivity contribution < 1.29 is 13.2 Å². The fourth-order valence-corrected chi connectivity index (χ4v) is 2.80. The summed E-state index contributed by atoms with van der Waals surface area (Å²) in [5.41, 5.74) is -0.668. The fourth-order valence-electron chi connectivity index (χ4n) is 1.33. The molecule has 1 amide bonds. The predicted molar refractivity (Wildman–Crippen MR) is 72.7 cm³/mol. The maximum Gasteiger partial charge on any atom is 0.220 e. The van der Waals surface area contributed by atoms with Crippen molar-refractivity contribution in [1.29, 1.82) is 0 Å². The maximum absolute atomic E-state index is 11.4. The van der Waals surface area contributed by atoms with Gasteiger partial charge in [0.2, 0.25) is 15.9 Å². The first-order chi connectivity index (χ1) is 7.66. The normalized spacial score (nSPS) is 12.5. The standard InChI is InChI=1S/C10H21BrN2O3S/c1-10(2,13-17(3,15)16)8-12-9(14)6-4-5-7-11/h13H,4-8H2,1-3H3,(H,12,14). The fraction of sp³-hybridized carbons (Fsp3) is 0.900. The SMILES string of the molecule is CC(C)(CNC(=O)CCCCBr)NS(C)(=O)=O. The van der Waals surface area contributed by atoms with E-state index < -0.39 is 15.6 Å². The van der Waals surface area contributed by atoms with Gasteiger partial charge in [-0.05, 0) is 26.7 Å². The summed E-state index contributed by atoms with van der Waals surface area (Å²) in [5, 5.41) is 3.61. The summed E-state index contributed by atoms with van der Waals surface area (Å²) in [4.78, 5) is 11.4. The third-order valence-corrected chi connectivity index (χ3v) is 3.46. The topological polar surface area (TPSA) is 75.3 Å². The molecule has 0 aromatic rings. The van der Waals surface area contributed by atoms with Crippen molar-refractivity contribution in [3.8, 4) is 0 Å². The van der Waals surface area contributed by atoms with Gasteiger partial charge < -0.3 is 5.32 Å². The van der Waals surface area contributed by atoms with E-state index in [2.05, 4.69) is 26.0 Å². The molecule has 0 saturated carbocycles. The van der Waals surface area contributed by atoms with Crippen molar-refractivity contribution in [2.24, 2.45) is 0 Å². The third-order valence-electron chi connectivity index (χ3n) is 1.98. The Bertz CT molecular complexity index is 341. The summed E-state index contributed by atoms with van der Waals surface area (Å²) in [7, 11) is -3.26. The van der Waals surface area contributed by atoms with Gasteiger partial charge in [-0.25, -0.2) is 13.1 Å². The van der Waals surface area contributed by atoms with E-state index in [1.807, 2.05) is 0 Å². The van der Waals surface area contributed by atoms with E-state index in [9.17, 15) is 13.2 Å². The van der Waals surface area contributed by atoms with Crippen LogP contribution in [-0.2, 0) is 14.8 Å². The average Bonchev–Trinajstić information content (AvgIpc) is 2.12. The second-order valence-corrected chi connectivity index (χ2v) is 7.22. The summed E-state index contributed by atoms with van der Waals surface area (Å²) >= 11 is 3.29. The quantitative estimate of drug-likeness (QED) is 0.515. The molecule has 0 fully saturated rings. The van der Waals surface area contributed by atoms with E-state index in [1.165, 1.54) is 0 Å². The van der Waals surface area contributed by atoms with Crippen LogP contribution in [-0.4, -0.2) is 38.0 Å². The van der Waals surface area contributed by atoms with Crippen LogP contribution < -0.4 is 10.0 Å². The minimum atomic E-state index is -3.26. The Morgan fingerprint density at radius 1 is 1.29 bits per heavy atom. The van der Waals surface area contributed by atoms with E-state index in [0.717, 1.165) is 24.4 Å². The summed E-state index contributed by atoms with van der Waals surface area (Å²) in [6, 6.07) is 0. The van der Waals surface area contributed by atoms with Crippen LogP contribution in [0.1, 0.15) is 33.1 Å². The Morgan fingerprint density at radius 3 is 2.35 bits per heavy atom. The van der Waals surface area contributed by atoms with Crippen LogP contribution in [0.25, 0.3) is 0 Å². The van der Waals surface area contributed by atoms with E-state index in [4.69, 9.17) is 0 Å². The lowest BCUT2D eigenvalue weighted by Crippen LogP contribution is -2.50. The number of hydrogen-bond donors (Lipinski definition) is 2. The van der Waals surface area contributed by atoms with Gasteiger partial charge in [0.1, 0.15) is 0 Å². The molecule has 0 saturated heterocycles. The highest BCUT2D eigenvalue weighted by Gasteiger charge is 2.22. The predicted octanol–water partition coefficient (Wildman–Crippen LogP) is 0.996. The van der Waals surface area contributed by atoms with Gasteiger partial charge >= 0.3 is 0 Å². The largest absolute Gasteiger partial charge is 0.354 e. The lowest BCUT2D eigenvalue weighted by molar-refractivity contribution is -0.121. The Labute approximate surface area is 112 Å². The van der Waals surface area contributed by atoms with Crippen LogP contribution in [0, 0.1) is 0 Å². The van der Waals surface area contributed by atoms with Crippen LogP contribution in [0.5, 0.6) is 0 Å². The number of carbonyl (C=O) groups excluding carboxylic acids is 1. The van der Waals surface area contributed by atoms with Crippen molar-refractivity contribution in [3.63, 3.8) is 0 Å². The van der Waals surface area contributed by atoms with Crippen molar-refractivity contribution in [3.05, 3.63) is 0 Å². The third kappa shape index (κ3) is 10.7. The molecule has 0 aliphatic rings. The monoisotopic (exact) mass is 328 g/mol. The minimum absolute atomic E-state index is 0.0469. The highest BCUT2D eigenvalue weighted by Crippen LogP contribution is 2.03. The second kappa shape index (κ2) is 7.33. The van der Waals surface area contributed by atoms with Crippen molar-refractivity contribution in [2.45, 2.75) is 38.6 Å². The van der Waals surface area contributed by atoms with Gasteiger partial charge in [0, 0.05) is 23.8 Å². The molecule has 7 heteroatoms. The van der Waals surface area contributed by atoms with Gasteiger partial charge in [-0.15, -0.1) is 0 Å². The molecule has 2 N–H and O–H groups in total. The molecule has 0 bridgehead atoms. The number of rotatable bonds is 8. The molecule has 17 heavy (non-hydrogen) atoms. The molecule has 0 aromatic heterocycles. The highest BCUT2D eigenvalue weighted by molar-refractivity contribution is 9.09. The minimum Gasteiger partial charge on any atom is -0.354 e. The van der Waals surface area contributed by atoms with Crippen molar-refractivity contribution in [1.82, 2.24) is 10.0 Å². The second-order valence-electron chi connectivity index (χ2n) is 4.68. The van der Waals surface area contributed by atoms with E-state index in [-0.39, 0.29) is 12.5 Å². The zero-order valence-electron chi connectivity index (χ0n) is 10.5. The highest BCUT2D eigenvalue weighted by atomic mass is 79.9. The molecular weight excluding hydrogens is 308 g/mol. The number of amides is 1. The summed E-state index contributed by atoms with van der Waals surface area (Å²) in [5.74, 6) is -0.0469. The zero-order valence-corrected chi connectivity index (χ0v) is 12.9. The molecule has 0 aromatic carbocycles. The molecule has 0 heterocycles. The molecule has 0 aliphatic heterocycles. The molecule has 0 radical (unpaired) electrons. The van der Waals surface area contributed by atoms with Gasteiger partial charge in [0.15, 0.2) is 0 Å². The molecule has 0 rings (SSSR count). The Balaban J connectivity index is 3.97. The number of sulfonamides is 1. The molecule has 5 nitrogen and oxygen atoms in total. The summed E-state index contributed by atoms with van der Waals surface area (Å²) in [6.07, 6.45) is 3.36. The number of nitrogens with one attached hydrogen (secondary N) is 2. The van der Waals surface area contributed by atoms with E-state index in [1.54, 1.807) is 13.8 Å². The van der Waals surface area contributed by atoms with Gasteiger partial charge in [-0.3, -0.25) is 4.79 Å². The number of carbonyl (C=O) groups is 1. The smallest absolute Gasteiger partial charge is 0.220 e. The van der Waals surface area contributed by atoms with Crippen LogP contribution in [0.2, 0.25) is 0 Å². The molecule has 102 valence electrons. The number of alkyl halides is 1. The van der Waals surface area contributed by atoms with E-state index >= 15 is 0 Å². The number of hydrogen-bond acceptors (Lipinski definition) is 3. The number of halogens is 1. The number of unbranched alkanes of at least 4 members (excludes halogenated alkanes) is 1. The average molecular weight is 329 g/mol. The molecule has 0 aliphatic carbocycles.